The third kappa shape index (κ3) is 6.81. The van der Waals surface area contributed by atoms with Gasteiger partial charge in [0.15, 0.2) is 11.5 Å². The number of anilines is 1. The molecule has 5 aliphatic rings. The lowest BCUT2D eigenvalue weighted by Crippen LogP contribution is -2.51. The van der Waals surface area contributed by atoms with E-state index in [2.05, 4.69) is 55.6 Å². The first-order chi connectivity index (χ1) is 22.0. The van der Waals surface area contributed by atoms with Crippen LogP contribution in [0, 0.1) is 23.2 Å². The van der Waals surface area contributed by atoms with Gasteiger partial charge in [0.1, 0.15) is 11.5 Å². The van der Waals surface area contributed by atoms with E-state index < -0.39 is 0 Å². The highest BCUT2D eigenvalue weighted by molar-refractivity contribution is 5.92. The molecule has 0 radical (unpaired) electrons. The lowest BCUT2D eigenvalue weighted by Gasteiger charge is -2.56. The van der Waals surface area contributed by atoms with Crippen LogP contribution in [0.1, 0.15) is 68.4 Å². The first-order valence-electron chi connectivity index (χ1n) is 17.1. The first kappa shape index (κ1) is 30.0. The summed E-state index contributed by atoms with van der Waals surface area (Å²) in [4.78, 5) is 17.8. The minimum atomic E-state index is -0.0899. The Morgan fingerprint density at radius 1 is 0.822 bits per heavy atom. The molecule has 238 valence electrons. The maximum atomic E-state index is 13.0. The summed E-state index contributed by atoms with van der Waals surface area (Å²) in [7, 11) is 0. The second-order valence-corrected chi connectivity index (χ2v) is 13.9. The fraction of sp³-hybridized carbons (Fsp3) is 0.541. The number of carbonyl (C=O) groups excluding carboxylic acids is 1. The summed E-state index contributed by atoms with van der Waals surface area (Å²) in [5.74, 6) is 5.17. The fourth-order valence-corrected chi connectivity index (χ4v) is 8.97. The van der Waals surface area contributed by atoms with Crippen LogP contribution < -0.4 is 19.7 Å². The second kappa shape index (κ2) is 13.0. The topological polar surface area (TPSA) is 79.8 Å². The maximum absolute atomic E-state index is 13.0. The van der Waals surface area contributed by atoms with Gasteiger partial charge >= 0.3 is 0 Å². The summed E-state index contributed by atoms with van der Waals surface area (Å²) in [6.45, 7) is 10.5. The van der Waals surface area contributed by atoms with E-state index in [9.17, 15) is 4.79 Å². The molecule has 2 heterocycles. The van der Waals surface area contributed by atoms with Gasteiger partial charge in [0.2, 0.25) is 0 Å². The molecule has 8 rings (SSSR count). The lowest BCUT2D eigenvalue weighted by molar-refractivity contribution is -0.0503. The lowest BCUT2D eigenvalue weighted by atomic mass is 9.49. The van der Waals surface area contributed by atoms with E-state index >= 15 is 0 Å². The van der Waals surface area contributed by atoms with Crippen LogP contribution >= 0.6 is 0 Å². The third-order valence-electron chi connectivity index (χ3n) is 10.5. The molecule has 4 aliphatic carbocycles. The molecule has 0 spiro atoms. The van der Waals surface area contributed by atoms with Gasteiger partial charge in [-0.25, -0.2) is 0 Å². The van der Waals surface area contributed by atoms with Gasteiger partial charge < -0.3 is 19.7 Å². The van der Waals surface area contributed by atoms with Crippen LogP contribution in [0.4, 0.5) is 5.82 Å². The van der Waals surface area contributed by atoms with E-state index in [1.54, 1.807) is 0 Å². The highest BCUT2D eigenvalue weighted by atomic mass is 16.5. The molecule has 1 amide bonds. The van der Waals surface area contributed by atoms with Gasteiger partial charge in [-0.3, -0.25) is 9.69 Å². The normalized spacial score (nSPS) is 25.7. The van der Waals surface area contributed by atoms with E-state index in [4.69, 9.17) is 9.47 Å². The van der Waals surface area contributed by atoms with Crippen LogP contribution in [0.3, 0.4) is 0 Å². The maximum Gasteiger partial charge on any atom is 0.271 e. The van der Waals surface area contributed by atoms with Crippen molar-refractivity contribution in [3.05, 3.63) is 65.9 Å². The molecule has 0 unspecified atom stereocenters. The summed E-state index contributed by atoms with van der Waals surface area (Å²) in [6.07, 6.45) is 8.12. The number of amides is 1. The number of aromatic nitrogens is 2. The molecular formula is C37H47N5O3. The summed E-state index contributed by atoms with van der Waals surface area (Å²) in [5, 5.41) is 12.1. The van der Waals surface area contributed by atoms with Crippen molar-refractivity contribution < 1.29 is 14.3 Å². The van der Waals surface area contributed by atoms with E-state index in [0.717, 1.165) is 85.5 Å². The fourth-order valence-electron chi connectivity index (χ4n) is 8.97. The van der Waals surface area contributed by atoms with Crippen LogP contribution in [0.2, 0.25) is 0 Å². The number of nitrogens with one attached hydrogen (secondary N) is 1. The number of hydrogen-bond donors (Lipinski definition) is 1. The van der Waals surface area contributed by atoms with Crippen molar-refractivity contribution in [2.45, 2.75) is 58.9 Å². The Bertz CT molecular complexity index is 1450. The summed E-state index contributed by atoms with van der Waals surface area (Å²) < 4.78 is 11.7. The van der Waals surface area contributed by atoms with Crippen molar-refractivity contribution in [2.75, 3.05) is 50.8 Å². The zero-order valence-electron chi connectivity index (χ0n) is 26.8. The van der Waals surface area contributed by atoms with Crippen molar-refractivity contribution in [2.24, 2.45) is 23.2 Å². The van der Waals surface area contributed by atoms with Gasteiger partial charge in [0.25, 0.3) is 5.91 Å². The summed E-state index contributed by atoms with van der Waals surface area (Å²) in [6, 6.07) is 18.6. The number of ether oxygens (including phenoxy) is 2. The van der Waals surface area contributed by atoms with E-state index in [-0.39, 0.29) is 5.91 Å². The number of rotatable bonds is 11. The zero-order chi connectivity index (χ0) is 30.8. The quantitative estimate of drug-likeness (QED) is 0.277. The van der Waals surface area contributed by atoms with Crippen molar-refractivity contribution in [1.29, 1.82) is 0 Å². The van der Waals surface area contributed by atoms with Crippen LogP contribution in [0.15, 0.2) is 54.6 Å². The molecule has 1 saturated heterocycles. The molecule has 0 atom stereocenters. The van der Waals surface area contributed by atoms with Gasteiger partial charge in [0, 0.05) is 39.3 Å². The molecule has 3 aromatic rings. The van der Waals surface area contributed by atoms with Crippen molar-refractivity contribution in [3.8, 4) is 22.6 Å². The monoisotopic (exact) mass is 609 g/mol. The Labute approximate surface area is 267 Å². The Kier molecular flexibility index (Phi) is 8.67. The average Bonchev–Trinajstić information content (AvgIpc) is 3.04. The highest BCUT2D eigenvalue weighted by Gasteiger charge is 2.50. The third-order valence-corrected chi connectivity index (χ3v) is 10.5. The minimum absolute atomic E-state index is 0.0899. The molecule has 1 aliphatic heterocycles. The van der Waals surface area contributed by atoms with Crippen molar-refractivity contribution in [1.82, 2.24) is 20.4 Å². The summed E-state index contributed by atoms with van der Waals surface area (Å²) >= 11 is 0. The van der Waals surface area contributed by atoms with Crippen LogP contribution in [-0.4, -0.2) is 66.9 Å². The molecule has 1 N–H and O–H groups in total. The number of carbonyl (C=O) groups is 1. The van der Waals surface area contributed by atoms with Crippen LogP contribution in [-0.2, 0) is 6.54 Å². The largest absolute Gasteiger partial charge is 0.494 e. The number of piperazine rings is 1. The summed E-state index contributed by atoms with van der Waals surface area (Å²) in [5.41, 5.74) is 4.22. The highest BCUT2D eigenvalue weighted by Crippen LogP contribution is 2.59. The van der Waals surface area contributed by atoms with Gasteiger partial charge in [0.05, 0.1) is 13.2 Å². The molecule has 8 nitrogen and oxygen atoms in total. The molecule has 4 saturated carbocycles. The van der Waals surface area contributed by atoms with E-state index in [0.29, 0.717) is 24.3 Å². The molecule has 1 aromatic heterocycles. The molecule has 8 heteroatoms. The van der Waals surface area contributed by atoms with Crippen LogP contribution in [0.25, 0.3) is 11.1 Å². The number of hydrogen-bond acceptors (Lipinski definition) is 7. The van der Waals surface area contributed by atoms with E-state index in [1.807, 2.05) is 38.1 Å². The van der Waals surface area contributed by atoms with E-state index in [1.165, 1.54) is 44.1 Å². The van der Waals surface area contributed by atoms with Crippen LogP contribution in [0.5, 0.6) is 11.5 Å². The van der Waals surface area contributed by atoms with Gasteiger partial charge in [-0.05, 0) is 135 Å². The van der Waals surface area contributed by atoms with Gasteiger partial charge in [-0.2, -0.15) is 0 Å². The van der Waals surface area contributed by atoms with Gasteiger partial charge in [-0.1, -0.05) is 12.1 Å². The number of benzene rings is 2. The SMILES string of the molecule is CCOc1cccc(-c2cc(CN3CCN(c4ccc(C(=O)NCC56CC7CC(CC(C7)C5)C6)nn4)CC3)cc(OCC)c2)c1. The van der Waals surface area contributed by atoms with Crippen molar-refractivity contribution >= 4 is 11.7 Å². The minimum Gasteiger partial charge on any atom is -0.494 e. The molecule has 5 fully saturated rings. The Balaban J connectivity index is 0.935. The first-order valence-corrected chi connectivity index (χ1v) is 17.1. The predicted octanol–water partition coefficient (Wildman–Crippen LogP) is 6.21. The zero-order valence-corrected chi connectivity index (χ0v) is 26.8. The smallest absolute Gasteiger partial charge is 0.271 e. The number of nitrogens with zero attached hydrogens (tertiary/aromatic N) is 4. The van der Waals surface area contributed by atoms with Crippen molar-refractivity contribution in [3.63, 3.8) is 0 Å². The molecular weight excluding hydrogens is 562 g/mol. The standard InChI is InChI=1S/C37H47N5O3/c1-3-44-32-7-5-6-30(19-32)31-17-29(18-33(20-31)45-4-2)24-41-10-12-42(13-11-41)35-9-8-34(39-40-35)36(43)38-25-37-21-26-14-27(22-37)16-28(15-26)23-37/h5-9,17-20,26-28H,3-4,10-16,21-25H2,1-2H3,(H,38,43). The Morgan fingerprint density at radius 3 is 2.18 bits per heavy atom. The second-order valence-electron chi connectivity index (χ2n) is 13.9. The predicted molar refractivity (Wildman–Crippen MR) is 177 cm³/mol. The Morgan fingerprint density at radius 2 is 1.51 bits per heavy atom. The van der Waals surface area contributed by atoms with Gasteiger partial charge in [-0.15, -0.1) is 10.2 Å². The molecule has 4 bridgehead atoms. The Hall–Kier alpha value is -3.65. The molecule has 2 aromatic carbocycles. The molecule has 45 heavy (non-hydrogen) atoms. The average molecular weight is 610 g/mol.